The number of carbonyl (C=O) groups excluding carboxylic acids is 1. The number of piperazine rings is 1. The number of benzene rings is 1. The van der Waals surface area contributed by atoms with Gasteiger partial charge in [-0.25, -0.2) is 15.0 Å². The number of hydrazine groups is 2. The number of carbonyl (C=O) groups is 1. The fraction of sp³-hybridized carbons (Fsp3) is 0.312. The van der Waals surface area contributed by atoms with E-state index in [-0.39, 0.29) is 16.4 Å². The molecule has 1 fully saturated rings. The number of anilines is 3. The van der Waals surface area contributed by atoms with E-state index >= 15 is 0 Å². The molecule has 2 heterocycles. The van der Waals surface area contributed by atoms with Crippen LogP contribution in [0.4, 0.5) is 17.3 Å². The molecule has 0 atom stereocenters. The fourth-order valence-corrected chi connectivity index (χ4v) is 3.00. The number of hydrogen-bond acceptors (Lipinski definition) is 8. The van der Waals surface area contributed by atoms with Crippen LogP contribution in [0.2, 0.25) is 10.0 Å². The lowest BCUT2D eigenvalue weighted by molar-refractivity contribution is 0.0962. The summed E-state index contributed by atoms with van der Waals surface area (Å²) in [5.74, 6) is 0.305. The Labute approximate surface area is 166 Å². The zero-order valence-electron chi connectivity index (χ0n) is 14.7. The second kappa shape index (κ2) is 8.57. The number of halogens is 2. The SMILES string of the molecule is CN1CCN(Nc2ncnc(NNC(=O)c3ccc(Cl)cc3Cl)c2N)CC1. The van der Waals surface area contributed by atoms with Crippen LogP contribution in [0, 0.1) is 0 Å². The first-order chi connectivity index (χ1) is 12.9. The van der Waals surface area contributed by atoms with E-state index in [0.717, 1.165) is 26.2 Å². The summed E-state index contributed by atoms with van der Waals surface area (Å²) in [6.45, 7) is 3.57. The zero-order chi connectivity index (χ0) is 19.4. The van der Waals surface area contributed by atoms with Gasteiger partial charge in [-0.05, 0) is 25.2 Å². The van der Waals surface area contributed by atoms with Crippen molar-refractivity contribution in [1.29, 1.82) is 0 Å². The topological polar surface area (TPSA) is 111 Å². The molecule has 0 unspecified atom stereocenters. The van der Waals surface area contributed by atoms with Crippen molar-refractivity contribution in [2.75, 3.05) is 49.8 Å². The number of rotatable bonds is 5. The number of hydrogen-bond donors (Lipinski definition) is 4. The third kappa shape index (κ3) is 4.89. The molecule has 0 saturated carbocycles. The quantitative estimate of drug-likeness (QED) is 0.551. The summed E-state index contributed by atoms with van der Waals surface area (Å²) in [5, 5.41) is 2.73. The summed E-state index contributed by atoms with van der Waals surface area (Å²) in [6, 6.07) is 4.61. The molecule has 3 rings (SSSR count). The number of likely N-dealkylation sites (N-methyl/N-ethyl adjacent to an activating group) is 1. The number of nitrogen functional groups attached to an aromatic ring is 1. The number of nitrogens with one attached hydrogen (secondary N) is 3. The Balaban J connectivity index is 1.64. The Hall–Kier alpha value is -2.33. The zero-order valence-corrected chi connectivity index (χ0v) is 16.2. The fourth-order valence-electron chi connectivity index (χ4n) is 2.51. The van der Waals surface area contributed by atoms with Crippen molar-refractivity contribution in [3.05, 3.63) is 40.1 Å². The lowest BCUT2D eigenvalue weighted by Gasteiger charge is -2.32. The molecule has 1 aliphatic heterocycles. The van der Waals surface area contributed by atoms with Gasteiger partial charge >= 0.3 is 0 Å². The van der Waals surface area contributed by atoms with Crippen LogP contribution in [0.5, 0.6) is 0 Å². The predicted molar refractivity (Wildman–Crippen MR) is 107 cm³/mol. The van der Waals surface area contributed by atoms with E-state index in [0.29, 0.717) is 16.5 Å². The lowest BCUT2D eigenvalue weighted by atomic mass is 10.2. The third-order valence-electron chi connectivity index (χ3n) is 4.12. The Morgan fingerprint density at radius 3 is 2.56 bits per heavy atom. The Morgan fingerprint density at radius 1 is 1.15 bits per heavy atom. The lowest BCUT2D eigenvalue weighted by Crippen LogP contribution is -2.47. The van der Waals surface area contributed by atoms with Gasteiger partial charge < -0.3 is 16.1 Å². The molecule has 0 spiro atoms. The van der Waals surface area contributed by atoms with Crippen LogP contribution in [0.25, 0.3) is 0 Å². The summed E-state index contributed by atoms with van der Waals surface area (Å²) >= 11 is 11.9. The molecule has 11 heteroatoms. The van der Waals surface area contributed by atoms with Gasteiger partial charge in [-0.15, -0.1) is 0 Å². The van der Waals surface area contributed by atoms with Gasteiger partial charge in [0.1, 0.15) is 12.0 Å². The summed E-state index contributed by atoms with van der Waals surface area (Å²) in [6.07, 6.45) is 1.36. The Kier molecular flexibility index (Phi) is 6.17. The van der Waals surface area contributed by atoms with Crippen molar-refractivity contribution < 1.29 is 4.79 Å². The average molecular weight is 411 g/mol. The van der Waals surface area contributed by atoms with Crippen LogP contribution < -0.4 is 22.0 Å². The molecule has 1 aliphatic rings. The molecule has 144 valence electrons. The van der Waals surface area contributed by atoms with Gasteiger partial charge in [-0.3, -0.25) is 15.6 Å². The summed E-state index contributed by atoms with van der Waals surface area (Å²) < 4.78 is 0. The normalized spacial score (nSPS) is 15.4. The molecule has 1 aromatic carbocycles. The van der Waals surface area contributed by atoms with E-state index in [4.69, 9.17) is 28.9 Å². The second-order valence-electron chi connectivity index (χ2n) is 6.09. The predicted octanol–water partition coefficient (Wildman–Crippen LogP) is 1.70. The molecule has 0 bridgehead atoms. The number of nitrogens with two attached hydrogens (primary N) is 1. The molecular formula is C16H20Cl2N8O. The van der Waals surface area contributed by atoms with Crippen LogP contribution in [-0.2, 0) is 0 Å². The van der Waals surface area contributed by atoms with Crippen LogP contribution in [0.3, 0.4) is 0 Å². The highest BCUT2D eigenvalue weighted by molar-refractivity contribution is 6.36. The van der Waals surface area contributed by atoms with Gasteiger partial charge in [0.15, 0.2) is 11.6 Å². The minimum atomic E-state index is -0.441. The number of amides is 1. The monoisotopic (exact) mass is 410 g/mol. The van der Waals surface area contributed by atoms with Crippen LogP contribution in [0.15, 0.2) is 24.5 Å². The van der Waals surface area contributed by atoms with Crippen molar-refractivity contribution in [2.45, 2.75) is 0 Å². The van der Waals surface area contributed by atoms with Gasteiger partial charge in [-0.2, -0.15) is 0 Å². The maximum Gasteiger partial charge on any atom is 0.271 e. The van der Waals surface area contributed by atoms with E-state index < -0.39 is 5.91 Å². The van der Waals surface area contributed by atoms with E-state index in [1.54, 1.807) is 6.07 Å². The van der Waals surface area contributed by atoms with Crippen LogP contribution in [-0.4, -0.2) is 59.0 Å². The largest absolute Gasteiger partial charge is 0.393 e. The van der Waals surface area contributed by atoms with Gasteiger partial charge in [0, 0.05) is 31.2 Å². The second-order valence-corrected chi connectivity index (χ2v) is 6.93. The van der Waals surface area contributed by atoms with E-state index in [1.807, 2.05) is 5.01 Å². The van der Waals surface area contributed by atoms with E-state index in [2.05, 4.69) is 38.2 Å². The molecule has 27 heavy (non-hydrogen) atoms. The van der Waals surface area contributed by atoms with Gasteiger partial charge in [-0.1, -0.05) is 23.2 Å². The standard InChI is InChI=1S/C16H20Cl2N8O/c1-25-4-6-26(7-5-25)24-15-13(19)14(20-9-21-15)22-23-16(27)11-3-2-10(17)8-12(11)18/h2-3,8-9H,4-7,19H2,1H3,(H,23,27)(H2,20,21,22,24). The third-order valence-corrected chi connectivity index (χ3v) is 4.67. The van der Waals surface area contributed by atoms with Crippen molar-refractivity contribution in [2.24, 2.45) is 0 Å². The smallest absolute Gasteiger partial charge is 0.271 e. The summed E-state index contributed by atoms with van der Waals surface area (Å²) in [4.78, 5) is 22.8. The molecule has 5 N–H and O–H groups in total. The van der Waals surface area contributed by atoms with E-state index in [1.165, 1.54) is 18.5 Å². The first-order valence-corrected chi connectivity index (χ1v) is 9.01. The van der Waals surface area contributed by atoms with Crippen LogP contribution in [0.1, 0.15) is 10.4 Å². The van der Waals surface area contributed by atoms with Gasteiger partial charge in [0.05, 0.1) is 10.6 Å². The van der Waals surface area contributed by atoms with Crippen molar-refractivity contribution in [3.63, 3.8) is 0 Å². The van der Waals surface area contributed by atoms with Crippen molar-refractivity contribution in [3.8, 4) is 0 Å². The minimum absolute atomic E-state index is 0.245. The molecule has 0 aliphatic carbocycles. The van der Waals surface area contributed by atoms with Crippen LogP contribution >= 0.6 is 23.2 Å². The van der Waals surface area contributed by atoms with Gasteiger partial charge in [0.25, 0.3) is 5.91 Å². The first kappa shape index (κ1) is 19.4. The Bertz CT molecular complexity index is 826. The minimum Gasteiger partial charge on any atom is -0.393 e. The van der Waals surface area contributed by atoms with E-state index in [9.17, 15) is 4.79 Å². The van der Waals surface area contributed by atoms with Crippen molar-refractivity contribution >= 4 is 46.4 Å². The molecule has 9 nitrogen and oxygen atoms in total. The maximum absolute atomic E-state index is 12.3. The highest BCUT2D eigenvalue weighted by Gasteiger charge is 2.17. The maximum atomic E-state index is 12.3. The summed E-state index contributed by atoms with van der Waals surface area (Å²) in [5.41, 5.74) is 15.1. The van der Waals surface area contributed by atoms with Crippen molar-refractivity contribution in [1.82, 2.24) is 25.3 Å². The number of aromatic nitrogens is 2. The molecule has 1 amide bonds. The Morgan fingerprint density at radius 2 is 1.85 bits per heavy atom. The molecular weight excluding hydrogens is 391 g/mol. The average Bonchev–Trinajstić information content (AvgIpc) is 2.64. The first-order valence-electron chi connectivity index (χ1n) is 8.26. The molecule has 1 saturated heterocycles. The highest BCUT2D eigenvalue weighted by atomic mass is 35.5. The summed E-state index contributed by atoms with van der Waals surface area (Å²) in [7, 11) is 2.08. The number of nitrogens with zero attached hydrogens (tertiary/aromatic N) is 4. The highest BCUT2D eigenvalue weighted by Crippen LogP contribution is 2.23. The molecule has 1 aromatic heterocycles. The molecule has 2 aromatic rings. The van der Waals surface area contributed by atoms with Gasteiger partial charge in [0.2, 0.25) is 0 Å². The molecule has 0 radical (unpaired) electrons.